The van der Waals surface area contributed by atoms with Crippen LogP contribution in [0.25, 0.3) is 11.1 Å². The number of halogens is 3. The number of benzene rings is 1. The molecule has 7 nitrogen and oxygen atoms in total. The highest BCUT2D eigenvalue weighted by molar-refractivity contribution is 6.20. The number of ether oxygens (including phenoxy) is 1. The zero-order valence-corrected chi connectivity index (χ0v) is 18.5. The molecule has 2 aromatic heterocycles. The van der Waals surface area contributed by atoms with Gasteiger partial charge in [-0.25, -0.2) is 4.98 Å². The van der Waals surface area contributed by atoms with Crippen molar-refractivity contribution in [2.24, 2.45) is 7.05 Å². The van der Waals surface area contributed by atoms with E-state index in [1.165, 1.54) is 41.1 Å². The van der Waals surface area contributed by atoms with Crippen LogP contribution in [-0.2, 0) is 7.05 Å². The van der Waals surface area contributed by atoms with E-state index in [0.29, 0.717) is 22.4 Å². The lowest BCUT2D eigenvalue weighted by molar-refractivity contribution is -0.0964. The second-order valence-electron chi connectivity index (χ2n) is 7.68. The lowest BCUT2D eigenvalue weighted by atomic mass is 10.0. The van der Waals surface area contributed by atoms with Gasteiger partial charge in [0.05, 0.1) is 5.56 Å². The van der Waals surface area contributed by atoms with Gasteiger partial charge in [-0.05, 0) is 54.8 Å². The third-order valence-electron chi connectivity index (χ3n) is 5.30. The van der Waals surface area contributed by atoms with Crippen LogP contribution >= 0.6 is 11.6 Å². The minimum atomic E-state index is -3.82. The molecule has 0 bridgehead atoms. The number of anilines is 2. The van der Waals surface area contributed by atoms with E-state index in [4.69, 9.17) is 11.6 Å². The number of amides is 1. The fourth-order valence-corrected chi connectivity index (χ4v) is 3.72. The Morgan fingerprint density at radius 3 is 2.48 bits per heavy atom. The van der Waals surface area contributed by atoms with Gasteiger partial charge in [0.2, 0.25) is 0 Å². The van der Waals surface area contributed by atoms with Crippen molar-refractivity contribution in [1.82, 2.24) is 9.55 Å². The highest BCUT2D eigenvalue weighted by Crippen LogP contribution is 2.32. The van der Waals surface area contributed by atoms with E-state index in [2.05, 4.69) is 19.9 Å². The molecule has 1 N–H and O–H groups in total. The maximum atomic E-state index is 12.9. The van der Waals surface area contributed by atoms with E-state index < -0.39 is 11.5 Å². The van der Waals surface area contributed by atoms with E-state index in [-0.39, 0.29) is 11.3 Å². The van der Waals surface area contributed by atoms with E-state index in [1.807, 2.05) is 6.07 Å². The number of nitrogens with one attached hydrogen (secondary N) is 1. The van der Waals surface area contributed by atoms with E-state index >= 15 is 0 Å². The average Bonchev–Trinajstić information content (AvgIpc) is 3.30. The summed E-state index contributed by atoms with van der Waals surface area (Å²) in [5.74, 6) is 0.148. The number of hydrogen-bond donors (Lipinski definition) is 1. The van der Waals surface area contributed by atoms with Crippen molar-refractivity contribution in [3.8, 4) is 16.9 Å². The first kappa shape index (κ1) is 22.7. The molecule has 33 heavy (non-hydrogen) atoms. The smallest absolute Gasteiger partial charge is 0.420 e. The van der Waals surface area contributed by atoms with Crippen LogP contribution in [0.5, 0.6) is 5.75 Å². The Hall–Kier alpha value is -3.46. The van der Waals surface area contributed by atoms with Crippen LogP contribution in [0, 0.1) is 0 Å². The highest BCUT2D eigenvalue weighted by atomic mass is 35.5. The number of nitrogens with zero attached hydrogens (tertiary/aromatic N) is 3. The van der Waals surface area contributed by atoms with Crippen molar-refractivity contribution < 1.29 is 18.3 Å². The number of aryl methyl sites for hydroxylation is 1. The molecule has 10 heteroatoms. The van der Waals surface area contributed by atoms with Gasteiger partial charge in [-0.15, -0.1) is 8.78 Å². The van der Waals surface area contributed by atoms with E-state index in [9.17, 15) is 18.4 Å². The number of pyridine rings is 2. The van der Waals surface area contributed by atoms with Gasteiger partial charge >= 0.3 is 5.57 Å². The molecule has 0 atom stereocenters. The standard InChI is InChI=1S/C23H21ClF2N4O3/c1-29-11-8-15(13-20(29)31)19-12-16(14-27-21(19)30-9-2-3-10-30)22(32)28-17-4-6-18(7-5-17)33-23(24,25)26/h4-8,11-14H,2-3,9-10H2,1H3,(H,28,32). The summed E-state index contributed by atoms with van der Waals surface area (Å²) < 4.78 is 31.2. The topological polar surface area (TPSA) is 76.5 Å². The summed E-state index contributed by atoms with van der Waals surface area (Å²) in [6.07, 6.45) is 5.26. The van der Waals surface area contributed by atoms with Gasteiger partial charge in [0.15, 0.2) is 0 Å². The Bertz CT molecular complexity index is 1220. The molecular weight excluding hydrogens is 454 g/mol. The molecule has 0 radical (unpaired) electrons. The molecule has 1 aromatic carbocycles. The van der Waals surface area contributed by atoms with Crippen LogP contribution in [0.15, 0.2) is 59.7 Å². The van der Waals surface area contributed by atoms with Gasteiger partial charge in [-0.1, -0.05) is 0 Å². The highest BCUT2D eigenvalue weighted by Gasteiger charge is 2.27. The first-order chi connectivity index (χ1) is 15.7. The van der Waals surface area contributed by atoms with Crippen molar-refractivity contribution in [3.05, 3.63) is 70.8 Å². The molecule has 172 valence electrons. The van der Waals surface area contributed by atoms with Crippen molar-refractivity contribution in [2.45, 2.75) is 18.4 Å². The second kappa shape index (κ2) is 9.19. The Kier molecular flexibility index (Phi) is 6.33. The molecule has 1 saturated heterocycles. The van der Waals surface area contributed by atoms with Crippen LogP contribution in [0.1, 0.15) is 23.2 Å². The van der Waals surface area contributed by atoms with Crippen LogP contribution in [0.4, 0.5) is 20.3 Å². The predicted molar refractivity (Wildman–Crippen MR) is 122 cm³/mol. The average molecular weight is 475 g/mol. The summed E-state index contributed by atoms with van der Waals surface area (Å²) in [5, 5.41) is 2.70. The largest absolute Gasteiger partial charge is 0.487 e. The van der Waals surface area contributed by atoms with Crippen LogP contribution < -0.4 is 20.5 Å². The lowest BCUT2D eigenvalue weighted by Crippen LogP contribution is -2.21. The third-order valence-corrected chi connectivity index (χ3v) is 5.37. The lowest BCUT2D eigenvalue weighted by Gasteiger charge is -2.21. The Morgan fingerprint density at radius 2 is 1.85 bits per heavy atom. The van der Waals surface area contributed by atoms with E-state index in [1.54, 1.807) is 19.3 Å². The maximum absolute atomic E-state index is 12.9. The minimum absolute atomic E-state index is 0.141. The van der Waals surface area contributed by atoms with Gasteiger partial charge < -0.3 is 19.5 Å². The fourth-order valence-electron chi connectivity index (χ4n) is 3.63. The predicted octanol–water partition coefficient (Wildman–Crippen LogP) is 4.47. The maximum Gasteiger partial charge on any atom is 0.487 e. The summed E-state index contributed by atoms with van der Waals surface area (Å²) in [6.45, 7) is 1.71. The van der Waals surface area contributed by atoms with E-state index in [0.717, 1.165) is 31.7 Å². The summed E-state index contributed by atoms with van der Waals surface area (Å²) >= 11 is 4.76. The molecule has 1 aliphatic rings. The Balaban J connectivity index is 1.61. The number of alkyl halides is 3. The minimum Gasteiger partial charge on any atom is -0.420 e. The fraction of sp³-hybridized carbons (Fsp3) is 0.261. The molecule has 0 aliphatic carbocycles. The normalized spacial score (nSPS) is 13.8. The first-order valence-corrected chi connectivity index (χ1v) is 10.7. The van der Waals surface area contributed by atoms with Gasteiger partial charge in [-0.2, -0.15) is 0 Å². The molecule has 0 saturated carbocycles. The van der Waals surface area contributed by atoms with Crippen molar-refractivity contribution >= 4 is 29.0 Å². The summed E-state index contributed by atoms with van der Waals surface area (Å²) in [5.41, 5.74) is -1.95. The summed E-state index contributed by atoms with van der Waals surface area (Å²) in [6, 6.07) is 10.4. The number of hydrogen-bond acceptors (Lipinski definition) is 5. The second-order valence-corrected chi connectivity index (χ2v) is 8.12. The summed E-state index contributed by atoms with van der Waals surface area (Å²) in [7, 11) is 1.67. The molecule has 4 rings (SSSR count). The molecule has 3 heterocycles. The summed E-state index contributed by atoms with van der Waals surface area (Å²) in [4.78, 5) is 31.7. The molecule has 1 amide bonds. The first-order valence-electron chi connectivity index (χ1n) is 10.3. The third kappa shape index (κ3) is 5.48. The molecular formula is C23H21ClF2N4O3. The van der Waals surface area contributed by atoms with Crippen LogP contribution in [-0.4, -0.2) is 34.1 Å². The zero-order chi connectivity index (χ0) is 23.6. The van der Waals surface area contributed by atoms with Crippen molar-refractivity contribution in [2.75, 3.05) is 23.3 Å². The van der Waals surface area contributed by atoms with Gasteiger partial charge in [0, 0.05) is 61.4 Å². The number of rotatable bonds is 6. The van der Waals surface area contributed by atoms with Crippen molar-refractivity contribution in [1.29, 1.82) is 0 Å². The van der Waals surface area contributed by atoms with Crippen LogP contribution in [0.2, 0.25) is 0 Å². The monoisotopic (exact) mass is 474 g/mol. The number of carbonyl (C=O) groups is 1. The Morgan fingerprint density at radius 1 is 1.15 bits per heavy atom. The number of aromatic nitrogens is 2. The molecule has 0 spiro atoms. The quantitative estimate of drug-likeness (QED) is 0.533. The van der Waals surface area contributed by atoms with Crippen LogP contribution in [0.3, 0.4) is 0 Å². The Labute approximate surface area is 193 Å². The number of carbonyl (C=O) groups excluding carboxylic acids is 1. The van der Waals surface area contributed by atoms with Crippen molar-refractivity contribution in [3.63, 3.8) is 0 Å². The SMILES string of the molecule is Cn1ccc(-c2cc(C(=O)Nc3ccc(OC(F)(F)Cl)cc3)cnc2N2CCCC2)cc1=O. The molecule has 1 aliphatic heterocycles. The van der Waals surface area contributed by atoms with Gasteiger partial charge in [0.1, 0.15) is 11.6 Å². The molecule has 3 aromatic rings. The van der Waals surface area contributed by atoms with Gasteiger partial charge in [-0.3, -0.25) is 9.59 Å². The zero-order valence-electron chi connectivity index (χ0n) is 17.7. The molecule has 0 unspecified atom stereocenters. The molecule has 1 fully saturated rings. The van der Waals surface area contributed by atoms with Gasteiger partial charge in [0.25, 0.3) is 11.5 Å².